The molecule has 0 fully saturated rings. The Bertz CT molecular complexity index is 613. The van der Waals surface area contributed by atoms with Crippen molar-refractivity contribution in [1.82, 2.24) is 10.0 Å². The molecular formula is C13H19N3O3S. The lowest BCUT2D eigenvalue weighted by atomic mass is 10.2. The second-order valence-corrected chi connectivity index (χ2v) is 6.48. The summed E-state index contributed by atoms with van der Waals surface area (Å²) in [6, 6.07) is 4.94. The van der Waals surface area contributed by atoms with Crippen LogP contribution in [0.2, 0.25) is 0 Å². The molecule has 0 spiro atoms. The number of likely N-dealkylation sites (N-methyl/N-ethyl adjacent to an activating group) is 1. The van der Waals surface area contributed by atoms with Crippen LogP contribution in [0.4, 0.5) is 5.69 Å². The number of nitrogens with one attached hydrogen (secondary N) is 2. The molecule has 6 nitrogen and oxygen atoms in total. The molecule has 0 saturated heterocycles. The van der Waals surface area contributed by atoms with E-state index in [-0.39, 0.29) is 10.8 Å². The van der Waals surface area contributed by atoms with Crippen LogP contribution in [0.3, 0.4) is 0 Å². The molecule has 1 aromatic carbocycles. The van der Waals surface area contributed by atoms with Crippen molar-refractivity contribution in [2.24, 2.45) is 0 Å². The minimum atomic E-state index is -3.53. The highest BCUT2D eigenvalue weighted by Gasteiger charge is 2.24. The first-order chi connectivity index (χ1) is 9.45. The Hall–Kier alpha value is -1.44. The number of carbonyl (C=O) groups excluding carboxylic acids is 1. The summed E-state index contributed by atoms with van der Waals surface area (Å²) in [6.45, 7) is 2.98. The third kappa shape index (κ3) is 3.00. The normalized spacial score (nSPS) is 14.4. The first kappa shape index (κ1) is 15.0. The van der Waals surface area contributed by atoms with Gasteiger partial charge < -0.3 is 10.2 Å². The van der Waals surface area contributed by atoms with Crippen molar-refractivity contribution in [3.63, 3.8) is 0 Å². The van der Waals surface area contributed by atoms with Crippen LogP contribution >= 0.6 is 0 Å². The first-order valence-corrected chi connectivity index (χ1v) is 7.99. The molecule has 0 bridgehead atoms. The van der Waals surface area contributed by atoms with Gasteiger partial charge in [0, 0.05) is 32.2 Å². The molecule has 1 aliphatic rings. The van der Waals surface area contributed by atoms with Crippen LogP contribution in [0.15, 0.2) is 23.1 Å². The van der Waals surface area contributed by atoms with Gasteiger partial charge in [-0.2, -0.15) is 0 Å². The highest BCUT2D eigenvalue weighted by Crippen LogP contribution is 2.30. The quantitative estimate of drug-likeness (QED) is 0.755. The van der Waals surface area contributed by atoms with E-state index in [1.807, 2.05) is 0 Å². The van der Waals surface area contributed by atoms with E-state index >= 15 is 0 Å². The molecular weight excluding hydrogens is 278 g/mol. The van der Waals surface area contributed by atoms with Gasteiger partial charge in [-0.15, -0.1) is 0 Å². The Kier molecular flexibility index (Phi) is 4.42. The number of sulfonamides is 1. The largest absolute Gasteiger partial charge is 0.318 e. The van der Waals surface area contributed by atoms with Crippen LogP contribution in [0.5, 0.6) is 0 Å². The van der Waals surface area contributed by atoms with Gasteiger partial charge in [0.1, 0.15) is 0 Å². The maximum absolute atomic E-state index is 12.1. The maximum atomic E-state index is 12.1. The number of fused-ring (bicyclic) bond motifs is 1. The van der Waals surface area contributed by atoms with Gasteiger partial charge >= 0.3 is 0 Å². The average molecular weight is 297 g/mol. The molecule has 0 aromatic heterocycles. The monoisotopic (exact) mass is 297 g/mol. The fourth-order valence-corrected chi connectivity index (χ4v) is 3.30. The summed E-state index contributed by atoms with van der Waals surface area (Å²) in [5.41, 5.74) is 1.71. The van der Waals surface area contributed by atoms with Gasteiger partial charge in [-0.3, -0.25) is 4.79 Å². The van der Waals surface area contributed by atoms with Gasteiger partial charge in [-0.1, -0.05) is 6.07 Å². The van der Waals surface area contributed by atoms with E-state index in [0.717, 1.165) is 12.0 Å². The Morgan fingerprint density at radius 3 is 2.75 bits per heavy atom. The molecule has 2 rings (SSSR count). The lowest BCUT2D eigenvalue weighted by molar-refractivity contribution is -0.116. The molecule has 0 atom stereocenters. The molecule has 2 N–H and O–H groups in total. The molecule has 0 unspecified atom stereocenters. The lowest BCUT2D eigenvalue weighted by Crippen LogP contribution is -2.31. The molecule has 0 saturated carbocycles. The first-order valence-electron chi connectivity index (χ1n) is 6.51. The van der Waals surface area contributed by atoms with Gasteiger partial charge in [-0.25, -0.2) is 13.1 Å². The highest BCUT2D eigenvalue weighted by molar-refractivity contribution is 7.89. The van der Waals surface area contributed by atoms with Crippen LogP contribution in [-0.4, -0.2) is 41.0 Å². The summed E-state index contributed by atoms with van der Waals surface area (Å²) >= 11 is 0. The van der Waals surface area contributed by atoms with E-state index in [1.165, 1.54) is 6.92 Å². The van der Waals surface area contributed by atoms with E-state index in [0.29, 0.717) is 25.3 Å². The Balaban J connectivity index is 2.27. The fourth-order valence-electron chi connectivity index (χ4n) is 2.25. The van der Waals surface area contributed by atoms with Gasteiger partial charge in [0.15, 0.2) is 0 Å². The van der Waals surface area contributed by atoms with Crippen molar-refractivity contribution in [2.45, 2.75) is 18.2 Å². The minimum absolute atomic E-state index is 0.0681. The number of hydrogen-bond donors (Lipinski definition) is 2. The summed E-state index contributed by atoms with van der Waals surface area (Å²) in [6.07, 6.45) is 0.766. The summed E-state index contributed by atoms with van der Waals surface area (Å²) in [4.78, 5) is 13.3. The molecule has 1 aliphatic heterocycles. The SMILES string of the molecule is CNCCNS(=O)(=O)c1ccc2c(c1)N(C(C)=O)CC2. The minimum Gasteiger partial charge on any atom is -0.318 e. The summed E-state index contributed by atoms with van der Waals surface area (Å²) in [7, 11) is -1.77. The zero-order valence-corrected chi connectivity index (χ0v) is 12.5. The van der Waals surface area contributed by atoms with E-state index in [1.54, 1.807) is 30.1 Å². The van der Waals surface area contributed by atoms with Gasteiger partial charge in [-0.05, 0) is 31.2 Å². The van der Waals surface area contributed by atoms with Crippen molar-refractivity contribution in [1.29, 1.82) is 0 Å². The lowest BCUT2D eigenvalue weighted by Gasteiger charge is -2.15. The molecule has 1 aromatic rings. The molecule has 0 aliphatic carbocycles. The number of amides is 1. The molecule has 1 amide bonds. The maximum Gasteiger partial charge on any atom is 0.240 e. The fraction of sp³-hybridized carbons (Fsp3) is 0.462. The summed E-state index contributed by atoms with van der Waals surface area (Å²) in [5.74, 6) is -0.0681. The van der Waals surface area contributed by atoms with E-state index in [2.05, 4.69) is 10.0 Å². The Labute approximate surface area is 119 Å². The topological polar surface area (TPSA) is 78.5 Å². The van der Waals surface area contributed by atoms with Crippen molar-refractivity contribution >= 4 is 21.6 Å². The van der Waals surface area contributed by atoms with Crippen molar-refractivity contribution in [2.75, 3.05) is 31.6 Å². The number of anilines is 1. The van der Waals surface area contributed by atoms with Crippen LogP contribution in [-0.2, 0) is 21.2 Å². The van der Waals surface area contributed by atoms with E-state index in [9.17, 15) is 13.2 Å². The second kappa shape index (κ2) is 5.90. The van der Waals surface area contributed by atoms with Gasteiger partial charge in [0.05, 0.1) is 4.90 Å². The predicted octanol–water partition coefficient (Wildman–Crippen LogP) is 0.0933. The molecule has 0 radical (unpaired) electrons. The van der Waals surface area contributed by atoms with Crippen LogP contribution < -0.4 is 14.9 Å². The summed E-state index contributed by atoms with van der Waals surface area (Å²) in [5, 5.41) is 2.88. The molecule has 7 heteroatoms. The standard InChI is InChI=1S/C13H19N3O3S/c1-10(17)16-8-5-11-3-4-12(9-13(11)16)20(18,19)15-7-6-14-2/h3-4,9,14-15H,5-8H2,1-2H3. The predicted molar refractivity (Wildman–Crippen MR) is 77.3 cm³/mol. The Morgan fingerprint density at radius 2 is 2.10 bits per heavy atom. The number of carbonyl (C=O) groups is 1. The number of rotatable bonds is 5. The van der Waals surface area contributed by atoms with Crippen molar-refractivity contribution in [3.05, 3.63) is 23.8 Å². The zero-order valence-electron chi connectivity index (χ0n) is 11.6. The van der Waals surface area contributed by atoms with Gasteiger partial charge in [0.2, 0.25) is 15.9 Å². The third-order valence-corrected chi connectivity index (χ3v) is 4.77. The number of benzene rings is 1. The molecule has 20 heavy (non-hydrogen) atoms. The Morgan fingerprint density at radius 1 is 1.35 bits per heavy atom. The molecule has 1 heterocycles. The van der Waals surface area contributed by atoms with Crippen molar-refractivity contribution in [3.8, 4) is 0 Å². The van der Waals surface area contributed by atoms with Crippen LogP contribution in [0.1, 0.15) is 12.5 Å². The van der Waals surface area contributed by atoms with Crippen LogP contribution in [0, 0.1) is 0 Å². The zero-order chi connectivity index (χ0) is 14.8. The highest BCUT2D eigenvalue weighted by atomic mass is 32.2. The number of nitrogens with zero attached hydrogens (tertiary/aromatic N) is 1. The third-order valence-electron chi connectivity index (χ3n) is 3.31. The van der Waals surface area contributed by atoms with Crippen LogP contribution in [0.25, 0.3) is 0 Å². The summed E-state index contributed by atoms with van der Waals surface area (Å²) < 4.78 is 26.8. The van der Waals surface area contributed by atoms with E-state index in [4.69, 9.17) is 0 Å². The average Bonchev–Trinajstić information content (AvgIpc) is 2.81. The number of hydrogen-bond acceptors (Lipinski definition) is 4. The molecule has 110 valence electrons. The van der Waals surface area contributed by atoms with E-state index < -0.39 is 10.0 Å². The second-order valence-electron chi connectivity index (χ2n) is 4.71. The van der Waals surface area contributed by atoms with Gasteiger partial charge in [0.25, 0.3) is 0 Å². The van der Waals surface area contributed by atoms with Crippen molar-refractivity contribution < 1.29 is 13.2 Å². The smallest absolute Gasteiger partial charge is 0.240 e.